The van der Waals surface area contributed by atoms with E-state index >= 15 is 0 Å². The fourth-order valence-electron chi connectivity index (χ4n) is 3.26. The van der Waals surface area contributed by atoms with Gasteiger partial charge in [0.15, 0.2) is 11.8 Å². The Kier molecular flexibility index (Phi) is 3.38. The van der Waals surface area contributed by atoms with Crippen LogP contribution in [0.3, 0.4) is 0 Å². The van der Waals surface area contributed by atoms with Crippen LogP contribution in [0.15, 0.2) is 53.2 Å². The van der Waals surface area contributed by atoms with E-state index < -0.39 is 0 Å². The van der Waals surface area contributed by atoms with Crippen molar-refractivity contribution in [1.29, 1.82) is 0 Å². The van der Waals surface area contributed by atoms with Crippen LogP contribution in [0.25, 0.3) is 33.2 Å². The molecule has 0 aliphatic carbocycles. The molecule has 120 valence electrons. The smallest absolute Gasteiger partial charge is 0.218 e. The average molecular weight is 317 g/mol. The van der Waals surface area contributed by atoms with Crippen molar-refractivity contribution < 1.29 is 8.98 Å². The molecule has 3 aromatic heterocycles. The zero-order chi connectivity index (χ0) is 16.8. The number of fused-ring (bicyclic) bond motifs is 3. The van der Waals surface area contributed by atoms with Crippen LogP contribution >= 0.6 is 0 Å². The highest BCUT2D eigenvalue weighted by molar-refractivity contribution is 6.09. The van der Waals surface area contributed by atoms with Gasteiger partial charge in [-0.2, -0.15) is 0 Å². The van der Waals surface area contributed by atoms with Gasteiger partial charge >= 0.3 is 0 Å². The van der Waals surface area contributed by atoms with E-state index in [4.69, 9.17) is 4.42 Å². The molecule has 0 N–H and O–H groups in total. The van der Waals surface area contributed by atoms with E-state index in [1.807, 2.05) is 31.3 Å². The third kappa shape index (κ3) is 2.20. The van der Waals surface area contributed by atoms with Crippen molar-refractivity contribution in [3.8, 4) is 11.3 Å². The quantitative estimate of drug-likeness (QED) is 0.492. The number of pyridine rings is 2. The Morgan fingerprint density at radius 2 is 1.88 bits per heavy atom. The van der Waals surface area contributed by atoms with Crippen LogP contribution in [0.4, 0.5) is 0 Å². The van der Waals surface area contributed by atoms with Gasteiger partial charge in [0.1, 0.15) is 18.2 Å². The lowest BCUT2D eigenvalue weighted by atomic mass is 10.00. The molecule has 0 saturated carbocycles. The summed E-state index contributed by atoms with van der Waals surface area (Å²) in [6, 6.07) is 12.6. The van der Waals surface area contributed by atoms with Crippen LogP contribution in [-0.4, -0.2) is 4.98 Å². The molecule has 0 bridgehead atoms. The molecule has 4 aromatic rings. The van der Waals surface area contributed by atoms with Gasteiger partial charge in [-0.3, -0.25) is 4.98 Å². The Bertz CT molecular complexity index is 1060. The molecule has 3 heterocycles. The second-order valence-corrected chi connectivity index (χ2v) is 6.67. The van der Waals surface area contributed by atoms with Gasteiger partial charge in [0, 0.05) is 29.1 Å². The lowest BCUT2D eigenvalue weighted by molar-refractivity contribution is -0.660. The lowest BCUT2D eigenvalue weighted by Gasteiger charge is -2.08. The molecule has 0 aliphatic rings. The topological polar surface area (TPSA) is 29.9 Å². The summed E-state index contributed by atoms with van der Waals surface area (Å²) >= 11 is 0. The fourth-order valence-corrected chi connectivity index (χ4v) is 3.26. The Balaban J connectivity index is 2.10. The molecular formula is C21H21N2O+. The van der Waals surface area contributed by atoms with Crippen molar-refractivity contribution in [2.45, 2.75) is 26.7 Å². The zero-order valence-corrected chi connectivity index (χ0v) is 14.5. The van der Waals surface area contributed by atoms with Crippen molar-refractivity contribution in [2.75, 3.05) is 0 Å². The van der Waals surface area contributed by atoms with Gasteiger partial charge in [0.25, 0.3) is 0 Å². The zero-order valence-electron chi connectivity index (χ0n) is 14.5. The number of benzene rings is 1. The summed E-state index contributed by atoms with van der Waals surface area (Å²) in [6.45, 7) is 6.47. The largest absolute Gasteiger partial charge is 0.455 e. The Morgan fingerprint density at radius 3 is 2.67 bits per heavy atom. The summed E-state index contributed by atoms with van der Waals surface area (Å²) < 4.78 is 8.36. The van der Waals surface area contributed by atoms with Crippen molar-refractivity contribution in [3.05, 3.63) is 60.0 Å². The Hall–Kier alpha value is -2.68. The minimum Gasteiger partial charge on any atom is -0.455 e. The lowest BCUT2D eigenvalue weighted by Crippen LogP contribution is -2.31. The highest BCUT2D eigenvalue weighted by Gasteiger charge is 2.22. The predicted octanol–water partition coefficient (Wildman–Crippen LogP) is 4.90. The SMILES string of the molecule is Cc1ncc2c(oc3ccccc32)c1-c1cc(C(C)C)cc[n+]1C. The van der Waals surface area contributed by atoms with Crippen molar-refractivity contribution in [3.63, 3.8) is 0 Å². The van der Waals surface area contributed by atoms with Crippen molar-refractivity contribution in [2.24, 2.45) is 7.05 Å². The van der Waals surface area contributed by atoms with Gasteiger partial charge < -0.3 is 4.42 Å². The minimum absolute atomic E-state index is 0.480. The molecule has 4 rings (SSSR count). The minimum atomic E-state index is 0.480. The van der Waals surface area contributed by atoms with Crippen LogP contribution in [0.5, 0.6) is 0 Å². The van der Waals surface area contributed by atoms with E-state index in [-0.39, 0.29) is 0 Å². The Morgan fingerprint density at radius 1 is 1.08 bits per heavy atom. The monoisotopic (exact) mass is 317 g/mol. The van der Waals surface area contributed by atoms with Crippen LogP contribution in [0.2, 0.25) is 0 Å². The summed E-state index contributed by atoms with van der Waals surface area (Å²) in [5.41, 5.74) is 6.34. The highest BCUT2D eigenvalue weighted by Crippen LogP contribution is 2.36. The molecule has 0 radical (unpaired) electrons. The molecule has 0 aliphatic heterocycles. The standard InChI is InChI=1S/C21H21N2O/c1-13(2)15-9-10-23(4)18(11-15)20-14(3)22-12-17-16-7-5-6-8-19(16)24-21(17)20/h5-13H,1-4H3/q+1. The molecule has 3 nitrogen and oxygen atoms in total. The van der Waals surface area contributed by atoms with Crippen LogP contribution in [-0.2, 0) is 7.05 Å². The number of nitrogens with zero attached hydrogens (tertiary/aromatic N) is 2. The molecule has 24 heavy (non-hydrogen) atoms. The molecule has 0 atom stereocenters. The van der Waals surface area contributed by atoms with Crippen LogP contribution in [0, 0.1) is 6.92 Å². The van der Waals surface area contributed by atoms with E-state index in [0.29, 0.717) is 5.92 Å². The first-order valence-corrected chi connectivity index (χ1v) is 8.33. The number of furan rings is 1. The number of para-hydroxylation sites is 1. The molecule has 0 unspecified atom stereocenters. The molecule has 0 spiro atoms. The Labute approximate surface area is 141 Å². The van der Waals surface area contributed by atoms with Gasteiger partial charge in [0.2, 0.25) is 5.69 Å². The fraction of sp³-hybridized carbons (Fsp3) is 0.238. The van der Waals surface area contributed by atoms with Gasteiger partial charge in [-0.25, -0.2) is 4.57 Å². The van der Waals surface area contributed by atoms with E-state index in [1.165, 1.54) is 5.56 Å². The highest BCUT2D eigenvalue weighted by atomic mass is 16.3. The maximum Gasteiger partial charge on any atom is 0.218 e. The van der Waals surface area contributed by atoms with E-state index in [1.54, 1.807) is 0 Å². The number of aryl methyl sites for hydroxylation is 2. The van der Waals surface area contributed by atoms with E-state index in [2.05, 4.69) is 54.8 Å². The van der Waals surface area contributed by atoms with Crippen LogP contribution < -0.4 is 4.57 Å². The third-order valence-electron chi connectivity index (χ3n) is 4.71. The van der Waals surface area contributed by atoms with Gasteiger partial charge in [-0.1, -0.05) is 32.0 Å². The normalized spacial score (nSPS) is 11.7. The molecule has 1 aromatic carbocycles. The molecule has 0 saturated heterocycles. The second kappa shape index (κ2) is 5.45. The number of hydrogen-bond acceptors (Lipinski definition) is 2. The molecular weight excluding hydrogens is 296 g/mol. The summed E-state index contributed by atoms with van der Waals surface area (Å²) in [6.07, 6.45) is 4.04. The summed E-state index contributed by atoms with van der Waals surface area (Å²) in [5, 5.41) is 2.19. The first kappa shape index (κ1) is 14.9. The molecule has 3 heteroatoms. The van der Waals surface area contributed by atoms with Crippen molar-refractivity contribution >= 4 is 21.9 Å². The van der Waals surface area contributed by atoms with Gasteiger partial charge in [0.05, 0.1) is 5.69 Å². The number of rotatable bonds is 2. The second-order valence-electron chi connectivity index (χ2n) is 6.67. The molecule has 0 fully saturated rings. The first-order chi connectivity index (χ1) is 11.6. The van der Waals surface area contributed by atoms with Crippen molar-refractivity contribution in [1.82, 2.24) is 4.98 Å². The average Bonchev–Trinajstić information content (AvgIpc) is 2.94. The van der Waals surface area contributed by atoms with Gasteiger partial charge in [-0.15, -0.1) is 0 Å². The first-order valence-electron chi connectivity index (χ1n) is 8.33. The molecule has 0 amide bonds. The van der Waals surface area contributed by atoms with E-state index in [0.717, 1.165) is 38.9 Å². The van der Waals surface area contributed by atoms with Gasteiger partial charge in [-0.05, 0) is 24.5 Å². The number of aromatic nitrogens is 2. The predicted molar refractivity (Wildman–Crippen MR) is 97.0 cm³/mol. The maximum absolute atomic E-state index is 6.22. The number of hydrogen-bond donors (Lipinski definition) is 0. The summed E-state index contributed by atoms with van der Waals surface area (Å²) in [7, 11) is 2.07. The summed E-state index contributed by atoms with van der Waals surface area (Å²) in [4.78, 5) is 4.65. The maximum atomic E-state index is 6.22. The third-order valence-corrected chi connectivity index (χ3v) is 4.71. The van der Waals surface area contributed by atoms with E-state index in [9.17, 15) is 0 Å². The summed E-state index contributed by atoms with van der Waals surface area (Å²) in [5.74, 6) is 0.480. The van der Waals surface area contributed by atoms with Crippen LogP contribution in [0.1, 0.15) is 31.0 Å².